The van der Waals surface area contributed by atoms with Gasteiger partial charge in [0.1, 0.15) is 23.2 Å². The monoisotopic (exact) mass is 551 g/mol. The van der Waals surface area contributed by atoms with Gasteiger partial charge in [-0.2, -0.15) is 0 Å². The second-order valence-corrected chi connectivity index (χ2v) is 19.2. The fourth-order valence-electron chi connectivity index (χ4n) is 4.97. The maximum absolute atomic E-state index is 6.89. The van der Waals surface area contributed by atoms with Gasteiger partial charge in [-0.25, -0.2) is 0 Å². The summed E-state index contributed by atoms with van der Waals surface area (Å²) in [7, 11) is -3.89. The third-order valence-corrected chi connectivity index (χ3v) is 12.4. The second kappa shape index (κ2) is 11.6. The average Bonchev–Trinajstić information content (AvgIpc) is 2.86. The van der Waals surface area contributed by atoms with E-state index in [1.807, 2.05) is 12.1 Å². The minimum absolute atomic E-state index is 0.108. The molecule has 4 rings (SSSR count). The highest BCUT2D eigenvalue weighted by molar-refractivity contribution is 7.95. The van der Waals surface area contributed by atoms with Gasteiger partial charge in [0.25, 0.3) is 0 Å². The van der Waals surface area contributed by atoms with Gasteiger partial charge in [0, 0.05) is 16.0 Å². The van der Waals surface area contributed by atoms with E-state index in [9.17, 15) is 0 Å². The van der Waals surface area contributed by atoms with Crippen molar-refractivity contribution in [2.75, 3.05) is 6.16 Å². The smallest absolute Gasteiger partial charge is 0.184 e. The van der Waals surface area contributed by atoms with Crippen LogP contribution in [-0.4, -0.2) is 14.5 Å². The van der Waals surface area contributed by atoms with Crippen molar-refractivity contribution in [1.29, 1.82) is 0 Å². The van der Waals surface area contributed by atoms with Gasteiger partial charge in [-0.05, 0) is 79.8 Å². The molecule has 186 valence electrons. The molecule has 0 saturated heterocycles. The molecular weight excluding hydrogens is 518 g/mol. The lowest BCUT2D eigenvalue weighted by atomic mass is 9.99. The van der Waals surface area contributed by atoms with Gasteiger partial charge in [0.15, 0.2) is 8.32 Å². The first-order valence-electron chi connectivity index (χ1n) is 12.4. The van der Waals surface area contributed by atoms with Crippen LogP contribution in [0.15, 0.2) is 109 Å². The molecule has 36 heavy (non-hydrogen) atoms. The topological polar surface area (TPSA) is 9.23 Å². The van der Waals surface area contributed by atoms with Crippen LogP contribution in [0.4, 0.5) is 0 Å². The van der Waals surface area contributed by atoms with E-state index in [0.717, 1.165) is 11.7 Å². The Morgan fingerprint density at radius 1 is 0.667 bits per heavy atom. The average molecular weight is 553 g/mol. The summed E-state index contributed by atoms with van der Waals surface area (Å²) in [6.07, 6.45) is 0.855. The molecule has 2 atom stereocenters. The van der Waals surface area contributed by atoms with Crippen LogP contribution in [0.3, 0.4) is 0 Å². The summed E-state index contributed by atoms with van der Waals surface area (Å²) in [5.41, 5.74) is 1.05. The van der Waals surface area contributed by atoms with Crippen LogP contribution in [-0.2, 0) is 4.43 Å². The lowest BCUT2D eigenvalue weighted by Gasteiger charge is -2.35. The quantitative estimate of drug-likeness (QED) is 0.149. The number of halogens is 2. The maximum atomic E-state index is 6.89. The fourth-order valence-corrected chi connectivity index (χ4v) is 11.3. The van der Waals surface area contributed by atoms with E-state index in [-0.39, 0.29) is 12.0 Å². The third kappa shape index (κ3) is 6.30. The summed E-state index contributed by atoms with van der Waals surface area (Å²) < 4.78 is 6.89. The Labute approximate surface area is 227 Å². The summed E-state index contributed by atoms with van der Waals surface area (Å²) in [4.78, 5) is 0. The van der Waals surface area contributed by atoms with Crippen molar-refractivity contribution in [3.05, 3.63) is 125 Å². The Kier molecular flexibility index (Phi) is 8.76. The molecule has 0 aliphatic rings. The first kappa shape index (κ1) is 27.1. The first-order valence-corrected chi connectivity index (χ1v) is 18.5. The third-order valence-electron chi connectivity index (χ3n) is 6.36. The molecule has 0 saturated carbocycles. The van der Waals surface area contributed by atoms with Crippen molar-refractivity contribution in [3.8, 4) is 0 Å². The molecule has 0 radical (unpaired) electrons. The summed E-state index contributed by atoms with van der Waals surface area (Å²) in [5.74, 6) is 0.209. The molecule has 0 bridgehead atoms. The van der Waals surface area contributed by atoms with Crippen LogP contribution in [0.25, 0.3) is 0 Å². The van der Waals surface area contributed by atoms with Crippen LogP contribution in [0.2, 0.25) is 29.7 Å². The van der Waals surface area contributed by atoms with Crippen molar-refractivity contribution in [2.45, 2.75) is 32.7 Å². The lowest BCUT2D eigenvalue weighted by molar-refractivity contribution is 0.148. The largest absolute Gasteiger partial charge is 0.410 e. The lowest BCUT2D eigenvalue weighted by Crippen LogP contribution is -2.38. The summed E-state index contributed by atoms with van der Waals surface area (Å²) >= 11 is 12.9. The first-order chi connectivity index (χ1) is 17.2. The van der Waals surface area contributed by atoms with E-state index in [4.69, 9.17) is 27.6 Å². The molecule has 0 N–H and O–H groups in total. The Hall–Kier alpha value is -1.93. The highest BCUT2D eigenvalue weighted by Crippen LogP contribution is 2.58. The zero-order valence-electron chi connectivity index (χ0n) is 21.4. The molecule has 0 aliphatic carbocycles. The molecule has 4 aromatic rings. The van der Waals surface area contributed by atoms with Gasteiger partial charge in [-0.3, -0.25) is 0 Å². The zero-order valence-corrected chi connectivity index (χ0v) is 24.8. The number of rotatable bonds is 9. The van der Waals surface area contributed by atoms with Gasteiger partial charge in [-0.1, -0.05) is 84.7 Å². The van der Waals surface area contributed by atoms with E-state index in [2.05, 4.69) is 118 Å². The number of hydrogen-bond acceptors (Lipinski definition) is 1. The number of hydrogen-bond donors (Lipinski definition) is 0. The summed E-state index contributed by atoms with van der Waals surface area (Å²) in [5, 5.41) is 5.42. The number of benzene rings is 4. The predicted octanol–water partition coefficient (Wildman–Crippen LogP) is 8.52. The highest BCUT2D eigenvalue weighted by Gasteiger charge is 2.48. The van der Waals surface area contributed by atoms with Crippen molar-refractivity contribution >= 4 is 54.7 Å². The molecule has 0 aliphatic heterocycles. The zero-order chi connectivity index (χ0) is 25.8. The normalized spacial score (nSPS) is 13.8. The van der Waals surface area contributed by atoms with E-state index < -0.39 is 15.6 Å². The molecule has 2 unspecified atom stereocenters. The second-order valence-electron chi connectivity index (χ2n) is 10.3. The molecule has 1 nitrogen and oxygen atoms in total. The Bertz CT molecular complexity index is 1140. The van der Waals surface area contributed by atoms with Gasteiger partial charge in [-0.15, -0.1) is 0 Å². The fraction of sp³-hybridized carbons (Fsp3) is 0.226. The van der Waals surface area contributed by atoms with Crippen molar-refractivity contribution < 1.29 is 4.43 Å². The van der Waals surface area contributed by atoms with E-state index in [1.54, 1.807) is 6.07 Å². The summed E-state index contributed by atoms with van der Waals surface area (Å²) in [6, 6.07) is 38.9. The maximum Gasteiger partial charge on any atom is 0.184 e. The molecule has 0 amide bonds. The Balaban J connectivity index is 1.90. The molecule has 0 spiro atoms. The van der Waals surface area contributed by atoms with E-state index in [0.29, 0.717) is 10.0 Å². The van der Waals surface area contributed by atoms with Gasteiger partial charge < -0.3 is 4.43 Å². The van der Waals surface area contributed by atoms with Crippen LogP contribution >= 0.6 is 30.5 Å². The van der Waals surface area contributed by atoms with Crippen LogP contribution in [0.1, 0.15) is 18.6 Å². The SMILES string of the molecule is CC(C[P+](c1ccccc1)(c1ccccc1)c1ccccc1)C(O[Si](C)(C)C)c1cc(Cl)cc(Cl)c1. The van der Waals surface area contributed by atoms with Crippen molar-refractivity contribution in [1.82, 2.24) is 0 Å². The van der Waals surface area contributed by atoms with E-state index >= 15 is 0 Å². The molecule has 0 fully saturated rings. The van der Waals surface area contributed by atoms with Crippen LogP contribution in [0.5, 0.6) is 0 Å². The summed E-state index contributed by atoms with van der Waals surface area (Å²) in [6.45, 7) is 9.05. The molecule has 4 aromatic carbocycles. The van der Waals surface area contributed by atoms with Crippen molar-refractivity contribution in [2.24, 2.45) is 5.92 Å². The molecule has 5 heteroatoms. The highest BCUT2D eigenvalue weighted by atomic mass is 35.5. The predicted molar refractivity (Wildman–Crippen MR) is 163 cm³/mol. The minimum Gasteiger partial charge on any atom is -0.410 e. The molecule has 0 aromatic heterocycles. The van der Waals surface area contributed by atoms with Crippen molar-refractivity contribution in [3.63, 3.8) is 0 Å². The molecule has 0 heterocycles. The van der Waals surface area contributed by atoms with Crippen LogP contribution < -0.4 is 15.9 Å². The Morgan fingerprint density at radius 2 is 1.06 bits per heavy atom. The van der Waals surface area contributed by atoms with Gasteiger partial charge in [0.2, 0.25) is 0 Å². The van der Waals surface area contributed by atoms with E-state index in [1.165, 1.54) is 15.9 Å². The van der Waals surface area contributed by atoms with Crippen LogP contribution in [0, 0.1) is 5.92 Å². The molecular formula is C31H34Cl2OPSi+. The Morgan fingerprint density at radius 3 is 1.42 bits per heavy atom. The standard InChI is InChI=1S/C31H34Cl2OPSi/c1-24(31(34-36(2,3)4)25-20-26(32)22-27(33)21-25)23-35(28-14-8-5-9-15-28,29-16-10-6-11-17-29)30-18-12-7-13-19-30/h5-22,24,31H,23H2,1-4H3/q+1. The minimum atomic E-state index is -2.00. The van der Waals surface area contributed by atoms with Gasteiger partial charge in [0.05, 0.1) is 12.3 Å². The van der Waals surface area contributed by atoms with Gasteiger partial charge >= 0.3 is 0 Å².